The minimum absolute atomic E-state index is 0.117. The summed E-state index contributed by atoms with van der Waals surface area (Å²) in [6.45, 7) is 0.935. The molecule has 1 aromatic rings. The topological polar surface area (TPSA) is 60.9 Å². The third-order valence-electron chi connectivity index (χ3n) is 3.87. The van der Waals surface area contributed by atoms with Crippen molar-refractivity contribution in [3.05, 3.63) is 35.9 Å². The molecule has 0 amide bonds. The van der Waals surface area contributed by atoms with Crippen LogP contribution in [-0.2, 0) is 10.2 Å². The van der Waals surface area contributed by atoms with Gasteiger partial charge in [0, 0.05) is 27.2 Å². The van der Waals surface area contributed by atoms with Gasteiger partial charge in [0.1, 0.15) is 0 Å². The average molecular weight is 298 g/mol. The molecule has 1 heterocycles. The Morgan fingerprint density at radius 3 is 2.25 bits per heavy atom. The van der Waals surface area contributed by atoms with Gasteiger partial charge in [0.25, 0.3) is 10.2 Å². The molecule has 1 aliphatic heterocycles. The average Bonchev–Trinajstić information content (AvgIpc) is 2.47. The smallest absolute Gasteiger partial charge is 0.281 e. The van der Waals surface area contributed by atoms with E-state index >= 15 is 0 Å². The summed E-state index contributed by atoms with van der Waals surface area (Å²) in [5, 5.41) is 10.4. The molecule has 1 N–H and O–H groups in total. The van der Waals surface area contributed by atoms with Crippen molar-refractivity contribution >= 4 is 10.2 Å². The SMILES string of the molecule is CN(C)S(=O)(=O)N1CCC(C(O)c2ccccc2)CC1. The zero-order valence-electron chi connectivity index (χ0n) is 11.9. The van der Waals surface area contributed by atoms with Gasteiger partial charge in [-0.15, -0.1) is 0 Å². The van der Waals surface area contributed by atoms with E-state index in [0.717, 1.165) is 5.56 Å². The van der Waals surface area contributed by atoms with Gasteiger partial charge in [-0.1, -0.05) is 30.3 Å². The summed E-state index contributed by atoms with van der Waals surface area (Å²) in [6, 6.07) is 9.55. The van der Waals surface area contributed by atoms with Crippen molar-refractivity contribution in [3.63, 3.8) is 0 Å². The van der Waals surface area contributed by atoms with Gasteiger partial charge in [-0.3, -0.25) is 0 Å². The second kappa shape index (κ2) is 6.22. The van der Waals surface area contributed by atoms with Gasteiger partial charge in [-0.2, -0.15) is 17.0 Å². The van der Waals surface area contributed by atoms with Crippen LogP contribution >= 0.6 is 0 Å². The molecule has 1 fully saturated rings. The van der Waals surface area contributed by atoms with Crippen LogP contribution in [0.15, 0.2) is 30.3 Å². The third-order valence-corrected chi connectivity index (χ3v) is 5.81. The Kier molecular flexibility index (Phi) is 4.80. The summed E-state index contributed by atoms with van der Waals surface area (Å²) < 4.78 is 26.8. The van der Waals surface area contributed by atoms with Gasteiger partial charge < -0.3 is 5.11 Å². The quantitative estimate of drug-likeness (QED) is 0.910. The van der Waals surface area contributed by atoms with E-state index in [0.29, 0.717) is 25.9 Å². The largest absolute Gasteiger partial charge is 0.388 e. The van der Waals surface area contributed by atoms with Gasteiger partial charge in [0.2, 0.25) is 0 Å². The summed E-state index contributed by atoms with van der Waals surface area (Å²) in [7, 11) is -0.245. The second-order valence-electron chi connectivity index (χ2n) is 5.38. The predicted molar refractivity (Wildman–Crippen MR) is 78.3 cm³/mol. The molecular formula is C14H22N2O3S. The molecule has 1 aliphatic rings. The normalized spacial score (nSPS) is 20.2. The Balaban J connectivity index is 1.98. The summed E-state index contributed by atoms with van der Waals surface area (Å²) in [5.74, 6) is 0.117. The van der Waals surface area contributed by atoms with Crippen molar-refractivity contribution < 1.29 is 13.5 Å². The first-order valence-electron chi connectivity index (χ1n) is 6.83. The van der Waals surface area contributed by atoms with E-state index in [1.807, 2.05) is 30.3 Å². The summed E-state index contributed by atoms with van der Waals surface area (Å²) in [6.07, 6.45) is 0.854. The molecule has 1 unspecified atom stereocenters. The molecule has 0 spiro atoms. The molecule has 6 heteroatoms. The van der Waals surface area contributed by atoms with E-state index in [9.17, 15) is 13.5 Å². The molecule has 0 bridgehead atoms. The molecule has 0 radical (unpaired) electrons. The standard InChI is InChI=1S/C14H22N2O3S/c1-15(2)20(18,19)16-10-8-13(9-11-16)14(17)12-6-4-3-5-7-12/h3-7,13-14,17H,8-11H2,1-2H3. The highest BCUT2D eigenvalue weighted by Crippen LogP contribution is 2.31. The number of aliphatic hydroxyl groups is 1. The minimum atomic E-state index is -3.33. The number of benzene rings is 1. The van der Waals surface area contributed by atoms with Gasteiger partial charge in [-0.05, 0) is 24.3 Å². The highest BCUT2D eigenvalue weighted by Gasteiger charge is 2.32. The van der Waals surface area contributed by atoms with Gasteiger partial charge in [0.05, 0.1) is 6.10 Å². The van der Waals surface area contributed by atoms with E-state index in [4.69, 9.17) is 0 Å². The fourth-order valence-electron chi connectivity index (χ4n) is 2.58. The Hall–Kier alpha value is -0.950. The van der Waals surface area contributed by atoms with Crippen molar-refractivity contribution in [2.75, 3.05) is 27.2 Å². The van der Waals surface area contributed by atoms with E-state index in [-0.39, 0.29) is 5.92 Å². The lowest BCUT2D eigenvalue weighted by molar-refractivity contribution is 0.0752. The van der Waals surface area contributed by atoms with Gasteiger partial charge >= 0.3 is 0 Å². The number of nitrogens with zero attached hydrogens (tertiary/aromatic N) is 2. The molecule has 0 aromatic heterocycles. The van der Waals surface area contributed by atoms with E-state index < -0.39 is 16.3 Å². The molecule has 5 nitrogen and oxygen atoms in total. The molecular weight excluding hydrogens is 276 g/mol. The molecule has 20 heavy (non-hydrogen) atoms. The monoisotopic (exact) mass is 298 g/mol. The van der Waals surface area contributed by atoms with Crippen molar-refractivity contribution in [3.8, 4) is 0 Å². The van der Waals surface area contributed by atoms with E-state index in [2.05, 4.69) is 0 Å². The summed E-state index contributed by atoms with van der Waals surface area (Å²) >= 11 is 0. The zero-order valence-corrected chi connectivity index (χ0v) is 12.8. The number of hydrogen-bond donors (Lipinski definition) is 1. The van der Waals surface area contributed by atoms with Gasteiger partial charge in [-0.25, -0.2) is 0 Å². The van der Waals surface area contributed by atoms with Crippen LogP contribution in [0.4, 0.5) is 0 Å². The Morgan fingerprint density at radius 1 is 1.20 bits per heavy atom. The molecule has 1 saturated heterocycles. The van der Waals surface area contributed by atoms with Crippen molar-refractivity contribution in [2.45, 2.75) is 18.9 Å². The Morgan fingerprint density at radius 2 is 1.75 bits per heavy atom. The molecule has 1 aromatic carbocycles. The van der Waals surface area contributed by atoms with Crippen LogP contribution in [0.3, 0.4) is 0 Å². The van der Waals surface area contributed by atoms with Crippen molar-refractivity contribution in [1.29, 1.82) is 0 Å². The third kappa shape index (κ3) is 3.20. The molecule has 2 rings (SSSR count). The second-order valence-corrected chi connectivity index (χ2v) is 7.52. The lowest BCUT2D eigenvalue weighted by Crippen LogP contribution is -2.45. The van der Waals surface area contributed by atoms with Crippen LogP contribution < -0.4 is 0 Å². The van der Waals surface area contributed by atoms with Crippen LogP contribution in [0.2, 0.25) is 0 Å². The van der Waals surface area contributed by atoms with Crippen molar-refractivity contribution in [2.24, 2.45) is 5.92 Å². The fraction of sp³-hybridized carbons (Fsp3) is 0.571. The summed E-state index contributed by atoms with van der Waals surface area (Å²) in [4.78, 5) is 0. The zero-order chi connectivity index (χ0) is 14.8. The van der Waals surface area contributed by atoms with Crippen LogP contribution in [0, 0.1) is 5.92 Å². The molecule has 0 saturated carbocycles. The summed E-state index contributed by atoms with van der Waals surface area (Å²) in [5.41, 5.74) is 0.904. The van der Waals surface area contributed by atoms with Crippen LogP contribution in [0.5, 0.6) is 0 Å². The number of hydrogen-bond acceptors (Lipinski definition) is 3. The van der Waals surface area contributed by atoms with Crippen molar-refractivity contribution in [1.82, 2.24) is 8.61 Å². The number of rotatable bonds is 4. The maximum absolute atomic E-state index is 12.0. The lowest BCUT2D eigenvalue weighted by Gasteiger charge is -2.34. The Bertz CT molecular complexity index is 523. The highest BCUT2D eigenvalue weighted by molar-refractivity contribution is 7.86. The first-order chi connectivity index (χ1) is 9.43. The van der Waals surface area contributed by atoms with E-state index in [1.54, 1.807) is 14.1 Å². The first kappa shape index (κ1) is 15.4. The number of piperidine rings is 1. The Labute approximate surface area is 121 Å². The van der Waals surface area contributed by atoms with Crippen LogP contribution in [-0.4, -0.2) is 49.3 Å². The van der Waals surface area contributed by atoms with Gasteiger partial charge in [0.15, 0.2) is 0 Å². The fourth-order valence-corrected chi connectivity index (χ4v) is 3.71. The maximum atomic E-state index is 12.0. The maximum Gasteiger partial charge on any atom is 0.281 e. The molecule has 1 atom stereocenters. The van der Waals surface area contributed by atoms with E-state index in [1.165, 1.54) is 8.61 Å². The lowest BCUT2D eigenvalue weighted by atomic mass is 9.88. The number of aliphatic hydroxyl groups excluding tert-OH is 1. The first-order valence-corrected chi connectivity index (χ1v) is 8.23. The minimum Gasteiger partial charge on any atom is -0.388 e. The molecule has 0 aliphatic carbocycles. The van der Waals surface area contributed by atoms with Crippen LogP contribution in [0.25, 0.3) is 0 Å². The molecule has 112 valence electrons. The highest BCUT2D eigenvalue weighted by atomic mass is 32.2. The van der Waals surface area contributed by atoms with Crippen LogP contribution in [0.1, 0.15) is 24.5 Å². The predicted octanol–water partition coefficient (Wildman–Crippen LogP) is 1.24.